The molecule has 0 saturated carbocycles. The molecule has 0 nitrogen and oxygen atoms in total. The van der Waals surface area contributed by atoms with Crippen LogP contribution in [-0.2, 0) is 15.1 Å². The third-order valence-corrected chi connectivity index (χ3v) is 3.50. The molecular weight excluding hydrogens is 246 g/mol. The molecule has 0 aromatic carbocycles. The van der Waals surface area contributed by atoms with Gasteiger partial charge in [-0.05, 0) is 0 Å². The first-order chi connectivity index (χ1) is 4.41. The number of halogens is 2. The molecule has 1 rings (SSSR count). The van der Waals surface area contributed by atoms with Crippen molar-refractivity contribution >= 4 is 34.6 Å². The van der Waals surface area contributed by atoms with Gasteiger partial charge in [0.15, 0.2) is 0 Å². The summed E-state index contributed by atoms with van der Waals surface area (Å²) in [5.74, 6) is 0. The monoisotopic (exact) mass is 256 g/mol. The zero-order chi connectivity index (χ0) is 6.95. The zero-order valence-corrected chi connectivity index (χ0v) is 14.6. The molecule has 0 aliphatic carbocycles. The van der Waals surface area contributed by atoms with Crippen LogP contribution in [0.2, 0.25) is 10.6 Å². The van der Waals surface area contributed by atoms with E-state index in [1.807, 2.05) is 0 Å². The second-order valence-corrected chi connectivity index (χ2v) is 8.97. The van der Waals surface area contributed by atoms with Gasteiger partial charge in [-0.3, -0.25) is 0 Å². The topological polar surface area (TPSA) is 0 Å². The van der Waals surface area contributed by atoms with Crippen molar-refractivity contribution in [1.29, 1.82) is 0 Å². The third kappa shape index (κ3) is 13.3. The van der Waals surface area contributed by atoms with Crippen LogP contribution in [0, 0.1) is 0 Å². The van der Waals surface area contributed by atoms with Crippen molar-refractivity contribution in [3.63, 3.8) is 0 Å². The Kier molecular flexibility index (Phi) is 21.7. The predicted molar refractivity (Wildman–Crippen MR) is 43.4 cm³/mol. The molecule has 0 unspecified atom stereocenters. The van der Waals surface area contributed by atoms with Crippen LogP contribution in [0.1, 0.15) is 20.7 Å². The Hall–Kier alpha value is 2.74. The van der Waals surface area contributed by atoms with E-state index >= 15 is 0 Å². The van der Waals surface area contributed by atoms with Crippen molar-refractivity contribution in [2.75, 3.05) is 0 Å². The van der Waals surface area contributed by atoms with Gasteiger partial charge in [0.2, 0.25) is 15.2 Å². The van der Waals surface area contributed by atoms with Crippen LogP contribution in [0.4, 0.5) is 0 Å². The molecule has 1 saturated heterocycles. The molecule has 1 aliphatic rings. The van der Waals surface area contributed by atoms with Gasteiger partial charge in [0.1, 0.15) is 0 Å². The average molecular weight is 258 g/mol. The summed E-state index contributed by atoms with van der Waals surface area (Å²) < 4.78 is 0. The van der Waals surface area contributed by atoms with Gasteiger partial charge in [-0.1, -0.05) is 29.8 Å². The standard InChI is InChI=1S/C5H10.Al.2ClH.Na.Zn.2H/c1-3-5-4-2;;;;;;;/h1-5H2;;2*1H;;;;/q;;;;+1;+2;;-1/p-2. The second kappa shape index (κ2) is 14.3. The van der Waals surface area contributed by atoms with Crippen LogP contribution < -0.4 is 29.6 Å². The van der Waals surface area contributed by atoms with Crippen molar-refractivity contribution in [2.24, 2.45) is 0 Å². The molecule has 1 aliphatic heterocycles. The fourth-order valence-electron chi connectivity index (χ4n) is 1.06. The Labute approximate surface area is 109 Å². The molecule has 0 N–H and O–H groups in total. The van der Waals surface area contributed by atoms with Crippen molar-refractivity contribution in [3.05, 3.63) is 0 Å². The first-order valence-electron chi connectivity index (χ1n) is 3.53. The molecule has 10 heavy (non-hydrogen) atoms. The van der Waals surface area contributed by atoms with Gasteiger partial charge in [-0.2, -0.15) is 0 Å². The second-order valence-electron chi connectivity index (χ2n) is 2.22. The van der Waals surface area contributed by atoms with Gasteiger partial charge in [-0.15, -0.1) is 0 Å². The van der Waals surface area contributed by atoms with Crippen LogP contribution in [-0.4, -0.2) is 15.2 Å². The number of rotatable bonds is 0. The maximum atomic E-state index is 4.95. The summed E-state index contributed by atoms with van der Waals surface area (Å²) in [5, 5.41) is 3.28. The van der Waals surface area contributed by atoms with Gasteiger partial charge < -0.3 is 1.43 Å². The van der Waals surface area contributed by atoms with Gasteiger partial charge in [0.25, 0.3) is 0 Å². The molecule has 0 aromatic rings. The quantitative estimate of drug-likeness (QED) is 0.534. The van der Waals surface area contributed by atoms with E-state index in [1.54, 1.807) is 23.4 Å². The molecular formula is C5H12AlCl2NaZn. The van der Waals surface area contributed by atoms with Crippen LogP contribution in [0.5, 0.6) is 0 Å². The van der Waals surface area contributed by atoms with Crippen molar-refractivity contribution in [1.82, 2.24) is 0 Å². The van der Waals surface area contributed by atoms with Gasteiger partial charge in [0.05, 0.1) is 0 Å². The molecule has 0 bridgehead atoms. The Morgan fingerprint density at radius 1 is 1.10 bits per heavy atom. The Balaban J connectivity index is -0.000000116. The largest absolute Gasteiger partial charge is 1.00 e. The minimum absolute atomic E-state index is 0. The summed E-state index contributed by atoms with van der Waals surface area (Å²) in [6, 6.07) is 0. The molecule has 0 aromatic heterocycles. The van der Waals surface area contributed by atoms with Crippen molar-refractivity contribution in [3.8, 4) is 0 Å². The first kappa shape index (κ1) is 15.2. The SMILES string of the molecule is C1C[CH2][AlH][CH2]C1.[Cl][Zn][Cl].[H-].[Na+]. The van der Waals surface area contributed by atoms with Gasteiger partial charge >= 0.3 is 64.1 Å². The van der Waals surface area contributed by atoms with E-state index in [4.69, 9.17) is 19.4 Å². The molecule has 1 fully saturated rings. The number of hydrogen-bond donors (Lipinski definition) is 0. The molecule has 0 spiro atoms. The normalized spacial score (nSPS) is 14.6. The van der Waals surface area contributed by atoms with E-state index in [0.717, 1.165) is 0 Å². The summed E-state index contributed by atoms with van der Waals surface area (Å²) in [7, 11) is 9.90. The fraction of sp³-hybridized carbons (Fsp3) is 1.00. The maximum absolute atomic E-state index is 4.95. The van der Waals surface area contributed by atoms with Crippen molar-refractivity contribution < 1.29 is 46.1 Å². The van der Waals surface area contributed by atoms with Gasteiger partial charge in [-0.25, -0.2) is 0 Å². The molecule has 0 radical (unpaired) electrons. The van der Waals surface area contributed by atoms with Crippen LogP contribution in [0.15, 0.2) is 0 Å². The van der Waals surface area contributed by atoms with Crippen LogP contribution in [0.3, 0.4) is 0 Å². The van der Waals surface area contributed by atoms with E-state index in [-0.39, 0.29) is 31.0 Å². The molecule has 5 heteroatoms. The molecule has 0 amide bonds. The summed E-state index contributed by atoms with van der Waals surface area (Å²) in [5.41, 5.74) is 0. The van der Waals surface area contributed by atoms with Gasteiger partial charge in [0, 0.05) is 0 Å². The molecule has 1 heterocycles. The maximum Gasteiger partial charge on any atom is 1.00 e. The summed E-state index contributed by atoms with van der Waals surface area (Å²) in [6.45, 7) is 0. The Morgan fingerprint density at radius 2 is 1.50 bits per heavy atom. The predicted octanol–water partition coefficient (Wildman–Crippen LogP) is -0.0636. The summed E-state index contributed by atoms with van der Waals surface area (Å²) in [6.07, 6.45) is 4.66. The number of hydrogen-bond acceptors (Lipinski definition) is 0. The zero-order valence-electron chi connectivity index (χ0n) is 7.71. The van der Waals surface area contributed by atoms with Crippen molar-refractivity contribution in [2.45, 2.75) is 29.8 Å². The first-order valence-corrected chi connectivity index (χ1v) is 13.3. The minimum atomic E-state index is -0.931. The Bertz CT molecular complexity index is 48.2. The van der Waals surface area contributed by atoms with E-state index in [1.165, 1.54) is 6.42 Å². The summed E-state index contributed by atoms with van der Waals surface area (Å²) in [4.78, 5) is 0. The van der Waals surface area contributed by atoms with E-state index in [0.29, 0.717) is 15.2 Å². The summed E-state index contributed by atoms with van der Waals surface area (Å²) >= 11 is -0.422. The molecule has 0 atom stereocenters. The minimum Gasteiger partial charge on any atom is -1.00 e. The van der Waals surface area contributed by atoms with Crippen LogP contribution >= 0.6 is 19.4 Å². The smallest absolute Gasteiger partial charge is 1.00 e. The van der Waals surface area contributed by atoms with Crippen LogP contribution in [0.25, 0.3) is 0 Å². The van der Waals surface area contributed by atoms with E-state index in [9.17, 15) is 0 Å². The third-order valence-electron chi connectivity index (χ3n) is 1.50. The fourth-order valence-corrected chi connectivity index (χ4v) is 2.83. The molecule has 52 valence electrons. The van der Waals surface area contributed by atoms with E-state index < -0.39 is 15.1 Å². The average Bonchev–Trinajstić information content (AvgIpc) is 1.93. The van der Waals surface area contributed by atoms with E-state index in [2.05, 4.69) is 0 Å². The Morgan fingerprint density at radius 3 is 1.60 bits per heavy atom.